The van der Waals surface area contributed by atoms with Crippen LogP contribution in [-0.2, 0) is 9.59 Å². The highest BCUT2D eigenvalue weighted by molar-refractivity contribution is 5.95. The Morgan fingerprint density at radius 1 is 1.27 bits per heavy atom. The van der Waals surface area contributed by atoms with Gasteiger partial charge < -0.3 is 20.3 Å². The van der Waals surface area contributed by atoms with Crippen LogP contribution in [0.3, 0.4) is 0 Å². The minimum Gasteiger partial charge on any atom is -0.495 e. The number of carbonyl (C=O) groups is 3. The van der Waals surface area contributed by atoms with Gasteiger partial charge in [0.05, 0.1) is 12.8 Å². The average Bonchev–Trinajstić information content (AvgIpc) is 2.67. The van der Waals surface area contributed by atoms with Crippen LogP contribution in [0, 0.1) is 18.8 Å². The summed E-state index contributed by atoms with van der Waals surface area (Å²) in [6.07, 6.45) is 3.10. The molecule has 166 valence electrons. The molecule has 1 saturated carbocycles. The molecule has 0 heterocycles. The number of hydroxylamine groups is 1. The first kappa shape index (κ1) is 23.5. The number of hydrogen-bond donors (Lipinski definition) is 4. The second-order valence-electron chi connectivity index (χ2n) is 8.07. The van der Waals surface area contributed by atoms with Gasteiger partial charge in [-0.2, -0.15) is 0 Å². The molecule has 4 amide bonds. The number of benzene rings is 1. The molecule has 1 atom stereocenters. The van der Waals surface area contributed by atoms with Crippen LogP contribution in [0.5, 0.6) is 5.75 Å². The Labute approximate surface area is 177 Å². The second-order valence-corrected chi connectivity index (χ2v) is 8.07. The number of carbonyl (C=O) groups excluding carboxylic acids is 3. The largest absolute Gasteiger partial charge is 0.495 e. The number of aryl methyl sites for hydroxylation is 1. The molecule has 9 heteroatoms. The molecule has 30 heavy (non-hydrogen) atoms. The van der Waals surface area contributed by atoms with Crippen molar-refractivity contribution in [3.05, 3.63) is 23.8 Å². The van der Waals surface area contributed by atoms with Gasteiger partial charge in [-0.05, 0) is 49.3 Å². The number of rotatable bonds is 9. The van der Waals surface area contributed by atoms with E-state index in [0.29, 0.717) is 23.9 Å². The van der Waals surface area contributed by atoms with E-state index in [1.165, 1.54) is 12.0 Å². The molecule has 0 bridgehead atoms. The standard InChI is InChI=1S/C21H32N4O5/c1-13(2)19(20(27)25(12-18(26)24-29)11-15-6-5-7-15)23-21(28)22-16-10-14(3)8-9-17(16)30-4/h8-10,13,15,19,29H,5-7,11-12H2,1-4H3,(H,24,26)(H2,22,23,28). The molecule has 1 fully saturated rings. The van der Waals surface area contributed by atoms with E-state index in [1.54, 1.807) is 17.6 Å². The van der Waals surface area contributed by atoms with E-state index in [9.17, 15) is 14.4 Å². The molecule has 2 rings (SSSR count). The van der Waals surface area contributed by atoms with E-state index >= 15 is 0 Å². The molecule has 0 aliphatic heterocycles. The number of urea groups is 1. The molecular weight excluding hydrogens is 388 g/mol. The molecule has 1 aliphatic carbocycles. The summed E-state index contributed by atoms with van der Waals surface area (Å²) >= 11 is 0. The van der Waals surface area contributed by atoms with Crippen molar-refractivity contribution in [3.63, 3.8) is 0 Å². The van der Waals surface area contributed by atoms with Crippen LogP contribution in [0.25, 0.3) is 0 Å². The van der Waals surface area contributed by atoms with Gasteiger partial charge >= 0.3 is 6.03 Å². The quantitative estimate of drug-likeness (QED) is 0.361. The molecule has 0 spiro atoms. The molecule has 0 aromatic heterocycles. The first-order valence-electron chi connectivity index (χ1n) is 10.2. The lowest BCUT2D eigenvalue weighted by Crippen LogP contribution is -2.55. The van der Waals surface area contributed by atoms with Gasteiger partial charge in [-0.1, -0.05) is 26.3 Å². The number of hydrogen-bond acceptors (Lipinski definition) is 5. The predicted octanol–water partition coefficient (Wildman–Crippen LogP) is 2.28. The zero-order valence-corrected chi connectivity index (χ0v) is 18.0. The molecule has 4 N–H and O–H groups in total. The van der Waals surface area contributed by atoms with Crippen molar-refractivity contribution < 1.29 is 24.3 Å². The third-order valence-electron chi connectivity index (χ3n) is 5.30. The van der Waals surface area contributed by atoms with E-state index in [2.05, 4.69) is 10.6 Å². The van der Waals surface area contributed by atoms with Crippen molar-refractivity contribution in [1.29, 1.82) is 0 Å². The number of amides is 4. The molecule has 0 saturated heterocycles. The lowest BCUT2D eigenvalue weighted by atomic mass is 9.85. The van der Waals surface area contributed by atoms with Crippen LogP contribution >= 0.6 is 0 Å². The van der Waals surface area contributed by atoms with Gasteiger partial charge in [0.25, 0.3) is 5.91 Å². The van der Waals surface area contributed by atoms with Crippen LogP contribution in [0.4, 0.5) is 10.5 Å². The maximum Gasteiger partial charge on any atom is 0.320 e. The zero-order valence-electron chi connectivity index (χ0n) is 18.0. The van der Waals surface area contributed by atoms with E-state index in [1.807, 2.05) is 26.8 Å². The summed E-state index contributed by atoms with van der Waals surface area (Å²) in [5, 5.41) is 14.3. The highest BCUT2D eigenvalue weighted by Gasteiger charge is 2.32. The third-order valence-corrected chi connectivity index (χ3v) is 5.30. The van der Waals surface area contributed by atoms with Crippen LogP contribution in [0.15, 0.2) is 18.2 Å². The van der Waals surface area contributed by atoms with Crippen LogP contribution in [-0.4, -0.2) is 54.2 Å². The molecule has 0 radical (unpaired) electrons. The normalized spacial score (nSPS) is 14.5. The molecular formula is C21H32N4O5. The summed E-state index contributed by atoms with van der Waals surface area (Å²) in [5.74, 6) is -0.386. The van der Waals surface area contributed by atoms with Crippen molar-refractivity contribution >= 4 is 23.5 Å². The summed E-state index contributed by atoms with van der Waals surface area (Å²) < 4.78 is 5.27. The summed E-state index contributed by atoms with van der Waals surface area (Å²) in [7, 11) is 1.51. The number of methoxy groups -OCH3 is 1. The first-order chi connectivity index (χ1) is 14.2. The second kappa shape index (κ2) is 10.8. The fraction of sp³-hybridized carbons (Fsp3) is 0.571. The maximum atomic E-state index is 13.2. The van der Waals surface area contributed by atoms with Crippen molar-refractivity contribution in [2.75, 3.05) is 25.5 Å². The highest BCUT2D eigenvalue weighted by Crippen LogP contribution is 2.28. The van der Waals surface area contributed by atoms with Crippen LogP contribution < -0.4 is 20.9 Å². The Kier molecular flexibility index (Phi) is 8.46. The lowest BCUT2D eigenvalue weighted by molar-refractivity contribution is -0.142. The van der Waals surface area contributed by atoms with E-state index in [4.69, 9.17) is 9.94 Å². The monoisotopic (exact) mass is 420 g/mol. The van der Waals surface area contributed by atoms with Crippen molar-refractivity contribution in [2.24, 2.45) is 11.8 Å². The smallest absolute Gasteiger partial charge is 0.320 e. The first-order valence-corrected chi connectivity index (χ1v) is 10.2. The van der Waals surface area contributed by atoms with Gasteiger partial charge in [0.15, 0.2) is 0 Å². The van der Waals surface area contributed by atoms with Crippen molar-refractivity contribution in [3.8, 4) is 5.75 Å². The topological polar surface area (TPSA) is 120 Å². The van der Waals surface area contributed by atoms with Crippen LogP contribution in [0.1, 0.15) is 38.7 Å². The lowest BCUT2D eigenvalue weighted by Gasteiger charge is -2.35. The van der Waals surface area contributed by atoms with Gasteiger partial charge in [0, 0.05) is 6.54 Å². The summed E-state index contributed by atoms with van der Waals surface area (Å²) in [4.78, 5) is 38.9. The van der Waals surface area contributed by atoms with E-state index in [-0.39, 0.29) is 18.4 Å². The molecule has 1 aromatic rings. The fourth-order valence-electron chi connectivity index (χ4n) is 3.36. The number of nitrogens with one attached hydrogen (secondary N) is 3. The average molecular weight is 421 g/mol. The minimum absolute atomic E-state index is 0.205. The van der Waals surface area contributed by atoms with Gasteiger partial charge in [-0.25, -0.2) is 10.3 Å². The van der Waals surface area contributed by atoms with E-state index in [0.717, 1.165) is 24.8 Å². The van der Waals surface area contributed by atoms with Crippen molar-refractivity contribution in [2.45, 2.75) is 46.1 Å². The molecule has 1 aromatic carbocycles. The summed E-state index contributed by atoms with van der Waals surface area (Å²) in [6.45, 7) is 5.70. The van der Waals surface area contributed by atoms with Gasteiger partial charge in [0.2, 0.25) is 5.91 Å². The summed E-state index contributed by atoms with van der Waals surface area (Å²) in [5.41, 5.74) is 3.02. The third kappa shape index (κ3) is 6.35. The van der Waals surface area contributed by atoms with Crippen molar-refractivity contribution in [1.82, 2.24) is 15.7 Å². The fourth-order valence-corrected chi connectivity index (χ4v) is 3.36. The minimum atomic E-state index is -0.827. The molecule has 1 aliphatic rings. The van der Waals surface area contributed by atoms with Crippen LogP contribution in [0.2, 0.25) is 0 Å². The number of nitrogens with zero attached hydrogens (tertiary/aromatic N) is 1. The van der Waals surface area contributed by atoms with Gasteiger partial charge in [0.1, 0.15) is 18.3 Å². The summed E-state index contributed by atoms with van der Waals surface area (Å²) in [6, 6.07) is 4.03. The Balaban J connectivity index is 2.11. The number of ether oxygens (including phenoxy) is 1. The SMILES string of the molecule is COc1ccc(C)cc1NC(=O)NC(C(=O)N(CC(=O)NO)CC1CCC1)C(C)C. The zero-order chi connectivity index (χ0) is 22.3. The Morgan fingerprint density at radius 2 is 1.97 bits per heavy atom. The molecule has 1 unspecified atom stereocenters. The predicted molar refractivity (Wildman–Crippen MR) is 112 cm³/mol. The highest BCUT2D eigenvalue weighted by atomic mass is 16.5. The maximum absolute atomic E-state index is 13.2. The Morgan fingerprint density at radius 3 is 2.50 bits per heavy atom. The molecule has 9 nitrogen and oxygen atoms in total. The van der Waals surface area contributed by atoms with E-state index < -0.39 is 18.0 Å². The Hall–Kier alpha value is -2.81. The Bertz CT molecular complexity index is 764. The van der Waals surface area contributed by atoms with Gasteiger partial charge in [-0.3, -0.25) is 14.8 Å². The number of anilines is 1. The van der Waals surface area contributed by atoms with Gasteiger partial charge in [-0.15, -0.1) is 0 Å².